The second-order valence-corrected chi connectivity index (χ2v) is 6.67. The van der Waals surface area contributed by atoms with Crippen LogP contribution in [0.2, 0.25) is 0 Å². The van der Waals surface area contributed by atoms with Crippen LogP contribution in [0, 0.1) is 13.8 Å². The molecule has 2 N–H and O–H groups in total. The van der Waals surface area contributed by atoms with Crippen molar-refractivity contribution in [2.45, 2.75) is 65.6 Å². The molecular weight excluding hydrogens is 230 g/mol. The minimum absolute atomic E-state index is 0.0296. The van der Waals surface area contributed by atoms with Crippen LogP contribution in [0.1, 0.15) is 56.2 Å². The van der Waals surface area contributed by atoms with Crippen LogP contribution in [0.3, 0.4) is 0 Å². The fraction of sp³-hybridized carbons (Fsp3) is 0.714. The molecule has 1 aromatic heterocycles. The number of hydrogen-bond donors (Lipinski definition) is 2. The molecule has 3 heteroatoms. The topological polar surface area (TPSA) is 32.3 Å². The SMILES string of the molecule is CCC(NC(C)(C)C)C(O)c1scc(C)c1C. The Bertz CT molecular complexity index is 365. The first kappa shape index (κ1) is 14.7. The Hall–Kier alpha value is -0.380. The van der Waals surface area contributed by atoms with E-state index in [1.807, 2.05) is 0 Å². The van der Waals surface area contributed by atoms with Gasteiger partial charge in [0.15, 0.2) is 0 Å². The molecule has 0 bridgehead atoms. The van der Waals surface area contributed by atoms with Crippen molar-refractivity contribution in [1.29, 1.82) is 0 Å². The smallest absolute Gasteiger partial charge is 0.104 e. The van der Waals surface area contributed by atoms with Gasteiger partial charge >= 0.3 is 0 Å². The molecule has 0 spiro atoms. The Morgan fingerprint density at radius 1 is 1.35 bits per heavy atom. The van der Waals surface area contributed by atoms with E-state index in [0.29, 0.717) is 0 Å². The third kappa shape index (κ3) is 3.80. The zero-order valence-corrected chi connectivity index (χ0v) is 12.6. The summed E-state index contributed by atoms with van der Waals surface area (Å²) in [6.07, 6.45) is 0.521. The third-order valence-corrected chi connectivity index (χ3v) is 4.30. The van der Waals surface area contributed by atoms with Gasteiger partial charge in [0.2, 0.25) is 0 Å². The molecule has 0 aliphatic carbocycles. The summed E-state index contributed by atoms with van der Waals surface area (Å²) in [5.74, 6) is 0. The standard InChI is InChI=1S/C14H25NOS/c1-7-11(15-14(4,5)6)12(16)13-10(3)9(2)8-17-13/h8,11-12,15-16H,7H2,1-6H3. The lowest BCUT2D eigenvalue weighted by molar-refractivity contribution is 0.113. The Morgan fingerprint density at radius 2 is 1.94 bits per heavy atom. The van der Waals surface area contributed by atoms with Gasteiger partial charge in [-0.3, -0.25) is 0 Å². The molecule has 2 nitrogen and oxygen atoms in total. The molecular formula is C14H25NOS. The van der Waals surface area contributed by atoms with E-state index in [2.05, 4.69) is 52.2 Å². The number of hydrogen-bond acceptors (Lipinski definition) is 3. The number of aliphatic hydroxyl groups excluding tert-OH is 1. The summed E-state index contributed by atoms with van der Waals surface area (Å²) in [4.78, 5) is 1.10. The van der Waals surface area contributed by atoms with Crippen LogP contribution in [0.15, 0.2) is 5.38 Å². The first-order valence-electron chi connectivity index (χ1n) is 6.26. The maximum absolute atomic E-state index is 10.5. The summed E-state index contributed by atoms with van der Waals surface area (Å²) in [5.41, 5.74) is 2.54. The first-order valence-corrected chi connectivity index (χ1v) is 7.14. The van der Waals surface area contributed by atoms with Crippen LogP contribution in [-0.2, 0) is 0 Å². The highest BCUT2D eigenvalue weighted by atomic mass is 32.1. The molecule has 1 aromatic rings. The van der Waals surface area contributed by atoms with Crippen molar-refractivity contribution in [3.63, 3.8) is 0 Å². The minimum atomic E-state index is -0.405. The van der Waals surface area contributed by atoms with Crippen molar-refractivity contribution >= 4 is 11.3 Å². The monoisotopic (exact) mass is 255 g/mol. The van der Waals surface area contributed by atoms with Crippen molar-refractivity contribution in [2.75, 3.05) is 0 Å². The highest BCUT2D eigenvalue weighted by Gasteiger charge is 2.26. The molecule has 2 atom stereocenters. The maximum Gasteiger partial charge on any atom is 0.104 e. The predicted molar refractivity (Wildman–Crippen MR) is 75.7 cm³/mol. The lowest BCUT2D eigenvalue weighted by Gasteiger charge is -2.31. The van der Waals surface area contributed by atoms with Crippen LogP contribution >= 0.6 is 11.3 Å². The van der Waals surface area contributed by atoms with Gasteiger partial charge in [-0.05, 0) is 57.5 Å². The molecule has 1 rings (SSSR count). The summed E-state index contributed by atoms with van der Waals surface area (Å²) >= 11 is 1.66. The van der Waals surface area contributed by atoms with Crippen LogP contribution in [0.4, 0.5) is 0 Å². The Kier molecular flexibility index (Phi) is 4.76. The van der Waals surface area contributed by atoms with Crippen molar-refractivity contribution in [2.24, 2.45) is 0 Å². The van der Waals surface area contributed by atoms with Crippen LogP contribution in [0.5, 0.6) is 0 Å². The van der Waals surface area contributed by atoms with Gasteiger partial charge in [-0.15, -0.1) is 11.3 Å². The van der Waals surface area contributed by atoms with E-state index >= 15 is 0 Å². The predicted octanol–water partition coefficient (Wildman–Crippen LogP) is 3.57. The van der Waals surface area contributed by atoms with Gasteiger partial charge in [0.25, 0.3) is 0 Å². The molecule has 0 aromatic carbocycles. The maximum atomic E-state index is 10.5. The molecule has 1 heterocycles. The summed E-state index contributed by atoms with van der Waals surface area (Å²) in [6.45, 7) is 12.7. The zero-order chi connectivity index (χ0) is 13.2. The minimum Gasteiger partial charge on any atom is -0.386 e. The van der Waals surface area contributed by atoms with Gasteiger partial charge in [-0.25, -0.2) is 0 Å². The van der Waals surface area contributed by atoms with Gasteiger partial charge < -0.3 is 10.4 Å². The van der Waals surface area contributed by atoms with Gasteiger partial charge in [0.1, 0.15) is 6.10 Å². The van der Waals surface area contributed by atoms with E-state index in [9.17, 15) is 5.11 Å². The molecule has 0 saturated carbocycles. The normalized spacial score (nSPS) is 15.9. The number of rotatable bonds is 4. The highest BCUT2D eigenvalue weighted by Crippen LogP contribution is 2.30. The van der Waals surface area contributed by atoms with Crippen LogP contribution < -0.4 is 5.32 Å². The number of aryl methyl sites for hydroxylation is 1. The number of thiophene rings is 1. The summed E-state index contributed by atoms with van der Waals surface area (Å²) < 4.78 is 0. The van der Waals surface area contributed by atoms with Gasteiger partial charge in [0.05, 0.1) is 0 Å². The quantitative estimate of drug-likeness (QED) is 0.862. The van der Waals surface area contributed by atoms with Crippen molar-refractivity contribution in [1.82, 2.24) is 5.32 Å². The fourth-order valence-corrected chi connectivity index (χ4v) is 3.08. The van der Waals surface area contributed by atoms with Gasteiger partial charge in [0, 0.05) is 16.5 Å². The van der Waals surface area contributed by atoms with E-state index < -0.39 is 6.10 Å². The second kappa shape index (κ2) is 5.51. The Balaban J connectivity index is 2.86. The van der Waals surface area contributed by atoms with Crippen molar-refractivity contribution in [3.8, 4) is 0 Å². The zero-order valence-electron chi connectivity index (χ0n) is 11.8. The average Bonchev–Trinajstić information content (AvgIpc) is 2.54. The van der Waals surface area contributed by atoms with Crippen LogP contribution in [-0.4, -0.2) is 16.7 Å². The van der Waals surface area contributed by atoms with E-state index in [4.69, 9.17) is 0 Å². The number of nitrogens with one attached hydrogen (secondary N) is 1. The second-order valence-electron chi connectivity index (χ2n) is 5.76. The highest BCUT2D eigenvalue weighted by molar-refractivity contribution is 7.10. The Morgan fingerprint density at radius 3 is 2.29 bits per heavy atom. The molecule has 0 amide bonds. The molecule has 0 saturated heterocycles. The Labute approximate surface area is 109 Å². The van der Waals surface area contributed by atoms with E-state index in [0.717, 1.165) is 11.3 Å². The lowest BCUT2D eigenvalue weighted by Crippen LogP contribution is -2.46. The van der Waals surface area contributed by atoms with Crippen molar-refractivity contribution < 1.29 is 5.11 Å². The summed E-state index contributed by atoms with van der Waals surface area (Å²) in [6, 6.07) is 0.117. The molecule has 0 fully saturated rings. The van der Waals surface area contributed by atoms with Crippen LogP contribution in [0.25, 0.3) is 0 Å². The first-order chi connectivity index (χ1) is 7.76. The van der Waals surface area contributed by atoms with E-state index in [-0.39, 0.29) is 11.6 Å². The third-order valence-electron chi connectivity index (χ3n) is 3.03. The van der Waals surface area contributed by atoms with Gasteiger partial charge in [-0.2, -0.15) is 0 Å². The van der Waals surface area contributed by atoms with E-state index in [1.165, 1.54) is 11.1 Å². The van der Waals surface area contributed by atoms with E-state index in [1.54, 1.807) is 11.3 Å². The molecule has 0 aliphatic heterocycles. The largest absolute Gasteiger partial charge is 0.386 e. The molecule has 98 valence electrons. The molecule has 17 heavy (non-hydrogen) atoms. The summed E-state index contributed by atoms with van der Waals surface area (Å²) in [5, 5.41) is 16.1. The fourth-order valence-electron chi connectivity index (χ4n) is 1.96. The molecule has 0 radical (unpaired) electrons. The lowest BCUT2D eigenvalue weighted by atomic mass is 9.99. The molecule has 0 aliphatic rings. The number of aliphatic hydroxyl groups is 1. The molecule has 2 unspecified atom stereocenters. The average molecular weight is 255 g/mol. The summed E-state index contributed by atoms with van der Waals surface area (Å²) in [7, 11) is 0. The van der Waals surface area contributed by atoms with Gasteiger partial charge in [-0.1, -0.05) is 6.92 Å². The van der Waals surface area contributed by atoms with Crippen molar-refractivity contribution in [3.05, 3.63) is 21.4 Å².